The largest absolute Gasteiger partial charge is 0.293 e. The second-order valence-electron chi connectivity index (χ2n) is 6.74. The van der Waals surface area contributed by atoms with Gasteiger partial charge in [-0.25, -0.2) is 0 Å². The van der Waals surface area contributed by atoms with Gasteiger partial charge in [0.1, 0.15) is 0 Å². The fourth-order valence-corrected chi connectivity index (χ4v) is 5.17. The molecule has 0 saturated carbocycles. The highest BCUT2D eigenvalue weighted by molar-refractivity contribution is 7.99. The lowest BCUT2D eigenvalue weighted by atomic mass is 9.93. The van der Waals surface area contributed by atoms with Gasteiger partial charge < -0.3 is 0 Å². The molecule has 6 heteroatoms. The van der Waals surface area contributed by atoms with E-state index < -0.39 is 10.8 Å². The summed E-state index contributed by atoms with van der Waals surface area (Å²) in [5.41, 5.74) is 4.12. The maximum atomic E-state index is 13.3. The molecule has 0 saturated heterocycles. The van der Waals surface area contributed by atoms with E-state index in [0.29, 0.717) is 5.56 Å². The summed E-state index contributed by atoms with van der Waals surface area (Å²) in [6.45, 7) is 0. The van der Waals surface area contributed by atoms with Gasteiger partial charge >= 0.3 is 0 Å². The third kappa shape index (κ3) is 2.57. The molecule has 1 heterocycles. The Morgan fingerprint density at radius 2 is 1.57 bits per heavy atom. The van der Waals surface area contributed by atoms with E-state index in [1.165, 1.54) is 12.1 Å². The molecule has 1 unspecified atom stereocenters. The molecule has 136 valence electrons. The Morgan fingerprint density at radius 3 is 2.32 bits per heavy atom. The van der Waals surface area contributed by atoms with Crippen molar-refractivity contribution in [1.29, 1.82) is 0 Å². The van der Waals surface area contributed by atoms with Crippen molar-refractivity contribution < 1.29 is 9.72 Å². The summed E-state index contributed by atoms with van der Waals surface area (Å²) < 4.78 is 0. The van der Waals surface area contributed by atoms with E-state index in [0.717, 1.165) is 27.4 Å². The first-order chi connectivity index (χ1) is 13.6. The first kappa shape index (κ1) is 16.9. The number of nitrogens with zero attached hydrogens (tertiary/aromatic N) is 2. The van der Waals surface area contributed by atoms with Crippen LogP contribution >= 0.6 is 11.8 Å². The number of Topliss-reactive ketones (excluding diaryl/α,β-unsaturated/α-hetero) is 1. The molecule has 5 rings (SSSR count). The summed E-state index contributed by atoms with van der Waals surface area (Å²) >= 11 is 1.59. The first-order valence-corrected chi connectivity index (χ1v) is 9.73. The van der Waals surface area contributed by atoms with Crippen LogP contribution in [-0.2, 0) is 0 Å². The van der Waals surface area contributed by atoms with Crippen molar-refractivity contribution in [1.82, 2.24) is 0 Å². The molecule has 0 fully saturated rings. The van der Waals surface area contributed by atoms with Crippen LogP contribution in [0.15, 0.2) is 82.7 Å². The van der Waals surface area contributed by atoms with Crippen molar-refractivity contribution in [3.05, 3.63) is 99.6 Å². The van der Waals surface area contributed by atoms with Crippen molar-refractivity contribution >= 4 is 34.6 Å². The van der Waals surface area contributed by atoms with Gasteiger partial charge in [-0.05, 0) is 17.7 Å². The molecule has 5 nitrogen and oxygen atoms in total. The highest BCUT2D eigenvalue weighted by atomic mass is 32.2. The summed E-state index contributed by atoms with van der Waals surface area (Å²) in [4.78, 5) is 29.8. The third-order valence-electron chi connectivity index (χ3n) is 5.14. The van der Waals surface area contributed by atoms with Gasteiger partial charge in [-0.1, -0.05) is 48.5 Å². The number of ketones is 1. The van der Waals surface area contributed by atoms with Crippen molar-refractivity contribution in [2.45, 2.75) is 10.1 Å². The number of para-hydroxylation sites is 1. The van der Waals surface area contributed by atoms with E-state index >= 15 is 0 Å². The smallest absolute Gasteiger partial charge is 0.269 e. The highest BCUT2D eigenvalue weighted by Gasteiger charge is 2.44. The lowest BCUT2D eigenvalue weighted by Crippen LogP contribution is -2.21. The van der Waals surface area contributed by atoms with E-state index in [1.807, 2.05) is 48.5 Å². The molecule has 2 atom stereocenters. The van der Waals surface area contributed by atoms with Crippen molar-refractivity contribution in [3.63, 3.8) is 0 Å². The number of rotatable bonds is 2. The number of carbonyl (C=O) groups is 1. The fraction of sp³-hybridized carbons (Fsp3) is 0.0909. The molecule has 28 heavy (non-hydrogen) atoms. The van der Waals surface area contributed by atoms with Gasteiger partial charge in [0.05, 0.1) is 27.5 Å². The summed E-state index contributed by atoms with van der Waals surface area (Å²) in [5, 5.41) is 10.8. The molecule has 0 radical (unpaired) electrons. The minimum atomic E-state index is -0.420. The van der Waals surface area contributed by atoms with E-state index in [2.05, 4.69) is 0 Å². The van der Waals surface area contributed by atoms with Crippen LogP contribution in [0.1, 0.15) is 26.7 Å². The number of fused-ring (bicyclic) bond motifs is 4. The molecule has 0 amide bonds. The number of benzene rings is 3. The average molecular weight is 386 g/mol. The van der Waals surface area contributed by atoms with Gasteiger partial charge in [0, 0.05) is 28.2 Å². The van der Waals surface area contributed by atoms with Crippen molar-refractivity contribution in [3.8, 4) is 0 Å². The second-order valence-corrected chi connectivity index (χ2v) is 7.92. The van der Waals surface area contributed by atoms with Crippen LogP contribution in [0.25, 0.3) is 0 Å². The summed E-state index contributed by atoms with van der Waals surface area (Å²) in [7, 11) is 0. The Morgan fingerprint density at radius 1 is 0.893 bits per heavy atom. The van der Waals surface area contributed by atoms with E-state index in [-0.39, 0.29) is 16.7 Å². The molecule has 0 N–H and O–H groups in total. The number of carbonyl (C=O) groups excluding carboxylic acids is 1. The zero-order chi connectivity index (χ0) is 19.3. The predicted octanol–water partition coefficient (Wildman–Crippen LogP) is 5.38. The molecule has 2 aliphatic rings. The fourth-order valence-electron chi connectivity index (χ4n) is 3.82. The summed E-state index contributed by atoms with van der Waals surface area (Å²) in [6.07, 6.45) is 0. The molecule has 1 aliphatic heterocycles. The lowest BCUT2D eigenvalue weighted by molar-refractivity contribution is -0.384. The minimum Gasteiger partial charge on any atom is -0.293 e. The van der Waals surface area contributed by atoms with Crippen molar-refractivity contribution in [2.24, 2.45) is 10.9 Å². The van der Waals surface area contributed by atoms with E-state index in [4.69, 9.17) is 4.99 Å². The summed E-state index contributed by atoms with van der Waals surface area (Å²) in [5.74, 6) is -0.366. The number of thioether (sulfide) groups is 1. The Balaban J connectivity index is 1.70. The van der Waals surface area contributed by atoms with Gasteiger partial charge in [0.15, 0.2) is 5.78 Å². The highest BCUT2D eigenvalue weighted by Crippen LogP contribution is 2.51. The van der Waals surface area contributed by atoms with E-state index in [9.17, 15) is 14.9 Å². The number of nitro benzene ring substituents is 1. The Kier molecular flexibility index (Phi) is 3.87. The van der Waals surface area contributed by atoms with Gasteiger partial charge in [-0.2, -0.15) is 0 Å². The van der Waals surface area contributed by atoms with E-state index in [1.54, 1.807) is 23.9 Å². The molecular formula is C22H14N2O3S. The predicted molar refractivity (Wildman–Crippen MR) is 109 cm³/mol. The van der Waals surface area contributed by atoms with Crippen LogP contribution in [0, 0.1) is 16.0 Å². The zero-order valence-electron chi connectivity index (χ0n) is 14.6. The van der Waals surface area contributed by atoms with Crippen LogP contribution in [-0.4, -0.2) is 16.4 Å². The maximum absolute atomic E-state index is 13.3. The number of aliphatic imine (C=N–C) groups is 1. The van der Waals surface area contributed by atoms with Crippen molar-refractivity contribution in [2.75, 3.05) is 0 Å². The maximum Gasteiger partial charge on any atom is 0.269 e. The Hall–Kier alpha value is -3.25. The van der Waals surface area contributed by atoms with Gasteiger partial charge in [-0.15, -0.1) is 11.8 Å². The first-order valence-electron chi connectivity index (χ1n) is 8.86. The van der Waals surface area contributed by atoms with Crippen LogP contribution in [0.4, 0.5) is 11.4 Å². The molecule has 0 aromatic heterocycles. The lowest BCUT2D eigenvalue weighted by Gasteiger charge is -2.21. The SMILES string of the molecule is O=C1c2ccccc2C2=Nc3ccccc3S[C@H](c3ccc([N+](=O)[O-])cc3)C12. The normalized spacial score (nSPS) is 19.9. The van der Waals surface area contributed by atoms with Crippen LogP contribution < -0.4 is 0 Å². The third-order valence-corrected chi connectivity index (χ3v) is 6.54. The monoisotopic (exact) mass is 386 g/mol. The van der Waals surface area contributed by atoms with Crippen LogP contribution in [0.2, 0.25) is 0 Å². The molecular weight excluding hydrogens is 372 g/mol. The summed E-state index contributed by atoms with van der Waals surface area (Å²) in [6, 6.07) is 21.9. The molecule has 3 aromatic carbocycles. The molecule has 0 bridgehead atoms. The van der Waals surface area contributed by atoms with Crippen LogP contribution in [0.5, 0.6) is 0 Å². The van der Waals surface area contributed by atoms with Crippen LogP contribution in [0.3, 0.4) is 0 Å². The molecule has 0 spiro atoms. The number of hydrogen-bond acceptors (Lipinski definition) is 5. The standard InChI is InChI=1S/C22H14N2O3S/c25-21-16-6-2-1-5-15(16)20-19(21)22(13-9-11-14(12-10-13)24(26)27)28-18-8-4-3-7-17(18)23-20/h1-12,19,22H/t19?,22-/m1/s1. The minimum absolute atomic E-state index is 0.0395. The average Bonchev–Trinajstić information content (AvgIpc) is 2.89. The molecule has 3 aromatic rings. The molecule has 1 aliphatic carbocycles. The Labute approximate surface area is 165 Å². The Bertz CT molecular complexity index is 1150. The topological polar surface area (TPSA) is 72.6 Å². The second kappa shape index (κ2) is 6.42. The number of hydrogen-bond donors (Lipinski definition) is 0. The van der Waals surface area contributed by atoms with Gasteiger partial charge in [0.25, 0.3) is 5.69 Å². The van der Waals surface area contributed by atoms with Gasteiger partial charge in [0.2, 0.25) is 0 Å². The number of nitro groups is 1. The van der Waals surface area contributed by atoms with Gasteiger partial charge in [-0.3, -0.25) is 19.9 Å². The zero-order valence-corrected chi connectivity index (χ0v) is 15.4. The quantitative estimate of drug-likeness (QED) is 0.438. The number of non-ortho nitro benzene ring substituents is 1.